The van der Waals surface area contributed by atoms with Crippen LogP contribution in [0.5, 0.6) is 5.75 Å². The lowest BCUT2D eigenvalue weighted by molar-refractivity contribution is 0.416. The average molecular weight is 368 g/mol. The van der Waals surface area contributed by atoms with E-state index in [0.29, 0.717) is 6.42 Å². The first-order valence-electron chi connectivity index (χ1n) is 7.69. The fourth-order valence-electron chi connectivity index (χ4n) is 2.86. The summed E-state index contributed by atoms with van der Waals surface area (Å²) in [6.45, 7) is 5.96. The van der Waals surface area contributed by atoms with Crippen LogP contribution in [0.3, 0.4) is 0 Å². The van der Waals surface area contributed by atoms with Gasteiger partial charge in [0.1, 0.15) is 4.90 Å². The first-order chi connectivity index (χ1) is 11.1. The molecule has 2 N–H and O–H groups in total. The summed E-state index contributed by atoms with van der Waals surface area (Å²) in [6, 6.07) is 13.9. The standard InChI is InChI=1S/C18H22ClNO3S/c1-13(12-18(2,3)14-8-5-4-6-9-14)20-24(22,23)16-11-7-10-15(19)17(16)21/h4-11,13,20-21H,12H2,1-3H3. The molecule has 0 radical (unpaired) electrons. The minimum atomic E-state index is -3.85. The number of hydrogen-bond acceptors (Lipinski definition) is 3. The van der Waals surface area contributed by atoms with Gasteiger partial charge in [-0.2, -0.15) is 0 Å². The molecular weight excluding hydrogens is 346 g/mol. The number of phenolic OH excluding ortho intramolecular Hbond substituents is 1. The van der Waals surface area contributed by atoms with E-state index in [9.17, 15) is 13.5 Å². The van der Waals surface area contributed by atoms with E-state index in [0.717, 1.165) is 5.56 Å². The van der Waals surface area contributed by atoms with Crippen molar-refractivity contribution >= 4 is 21.6 Å². The third-order valence-corrected chi connectivity index (χ3v) is 5.89. The summed E-state index contributed by atoms with van der Waals surface area (Å²) in [5.41, 5.74) is 0.946. The number of nitrogens with one attached hydrogen (secondary N) is 1. The Balaban J connectivity index is 2.17. The Kier molecular flexibility index (Phi) is 5.58. The summed E-state index contributed by atoms with van der Waals surface area (Å²) in [5, 5.41) is 9.91. The van der Waals surface area contributed by atoms with Gasteiger partial charge in [-0.15, -0.1) is 0 Å². The largest absolute Gasteiger partial charge is 0.505 e. The van der Waals surface area contributed by atoms with E-state index in [-0.39, 0.29) is 21.4 Å². The van der Waals surface area contributed by atoms with Crippen LogP contribution in [-0.2, 0) is 15.4 Å². The summed E-state index contributed by atoms with van der Waals surface area (Å²) >= 11 is 5.80. The summed E-state index contributed by atoms with van der Waals surface area (Å²) in [7, 11) is -3.85. The molecule has 0 spiro atoms. The summed E-state index contributed by atoms with van der Waals surface area (Å²) in [6.07, 6.45) is 0.609. The van der Waals surface area contributed by atoms with Gasteiger partial charge in [0.25, 0.3) is 0 Å². The molecule has 0 aliphatic rings. The Morgan fingerprint density at radius 3 is 2.38 bits per heavy atom. The van der Waals surface area contributed by atoms with Crippen LogP contribution in [0.1, 0.15) is 32.8 Å². The van der Waals surface area contributed by atoms with E-state index in [1.807, 2.05) is 37.3 Å². The molecule has 0 saturated carbocycles. The number of para-hydroxylation sites is 1. The molecule has 0 aliphatic heterocycles. The number of sulfonamides is 1. The smallest absolute Gasteiger partial charge is 0.244 e. The van der Waals surface area contributed by atoms with Crippen LogP contribution < -0.4 is 4.72 Å². The van der Waals surface area contributed by atoms with Crippen LogP contribution in [0.2, 0.25) is 5.02 Å². The Labute approximate surface area is 148 Å². The van der Waals surface area contributed by atoms with Gasteiger partial charge in [-0.25, -0.2) is 13.1 Å². The summed E-state index contributed by atoms with van der Waals surface area (Å²) in [4.78, 5) is -0.209. The van der Waals surface area contributed by atoms with Gasteiger partial charge in [0.15, 0.2) is 5.75 Å². The van der Waals surface area contributed by atoms with Gasteiger partial charge in [-0.1, -0.05) is 61.8 Å². The third-order valence-electron chi connectivity index (χ3n) is 3.97. The predicted molar refractivity (Wildman–Crippen MR) is 97.0 cm³/mol. The number of phenols is 1. The number of hydrogen-bond donors (Lipinski definition) is 2. The second kappa shape index (κ2) is 7.13. The van der Waals surface area contributed by atoms with Crippen molar-refractivity contribution in [3.63, 3.8) is 0 Å². The van der Waals surface area contributed by atoms with Crippen LogP contribution in [0.15, 0.2) is 53.4 Å². The van der Waals surface area contributed by atoms with Gasteiger partial charge >= 0.3 is 0 Å². The number of aromatic hydroxyl groups is 1. The molecule has 0 heterocycles. The molecule has 0 saturated heterocycles. The maximum absolute atomic E-state index is 12.5. The summed E-state index contributed by atoms with van der Waals surface area (Å²) < 4.78 is 27.6. The minimum absolute atomic E-state index is 0.00939. The van der Waals surface area contributed by atoms with Crippen molar-refractivity contribution in [3.05, 3.63) is 59.1 Å². The summed E-state index contributed by atoms with van der Waals surface area (Å²) in [5.74, 6) is -0.429. The van der Waals surface area contributed by atoms with Crippen LogP contribution in [0, 0.1) is 0 Å². The van der Waals surface area contributed by atoms with Gasteiger partial charge in [-0.3, -0.25) is 0 Å². The molecular formula is C18H22ClNO3S. The monoisotopic (exact) mass is 367 g/mol. The molecule has 6 heteroatoms. The first-order valence-corrected chi connectivity index (χ1v) is 9.55. The van der Waals surface area contributed by atoms with E-state index < -0.39 is 15.8 Å². The lowest BCUT2D eigenvalue weighted by Crippen LogP contribution is -2.37. The molecule has 0 amide bonds. The molecule has 2 rings (SSSR count). The number of benzene rings is 2. The first kappa shape index (κ1) is 18.8. The molecule has 1 unspecified atom stereocenters. The Morgan fingerprint density at radius 2 is 1.75 bits per heavy atom. The van der Waals surface area contributed by atoms with Gasteiger partial charge in [0, 0.05) is 6.04 Å². The van der Waals surface area contributed by atoms with E-state index in [1.54, 1.807) is 0 Å². The van der Waals surface area contributed by atoms with Crippen molar-refractivity contribution in [1.82, 2.24) is 4.72 Å². The molecule has 2 aromatic carbocycles. The molecule has 0 aliphatic carbocycles. The highest BCUT2D eigenvalue weighted by Gasteiger charge is 2.27. The lowest BCUT2D eigenvalue weighted by atomic mass is 9.79. The van der Waals surface area contributed by atoms with Crippen molar-refractivity contribution in [2.75, 3.05) is 0 Å². The zero-order valence-corrected chi connectivity index (χ0v) is 15.5. The van der Waals surface area contributed by atoms with Crippen LogP contribution in [0.4, 0.5) is 0 Å². The van der Waals surface area contributed by atoms with Gasteiger partial charge in [0.2, 0.25) is 10.0 Å². The fraction of sp³-hybridized carbons (Fsp3) is 0.333. The topological polar surface area (TPSA) is 66.4 Å². The van der Waals surface area contributed by atoms with Crippen molar-refractivity contribution < 1.29 is 13.5 Å². The molecule has 1 atom stereocenters. The Bertz CT molecular complexity index is 804. The third kappa shape index (κ3) is 4.29. The number of rotatable bonds is 6. The van der Waals surface area contributed by atoms with E-state index in [1.165, 1.54) is 18.2 Å². The predicted octanol–water partition coefficient (Wildman–Crippen LogP) is 4.08. The zero-order chi connectivity index (χ0) is 18.0. The highest BCUT2D eigenvalue weighted by Crippen LogP contribution is 2.32. The van der Waals surface area contributed by atoms with Crippen LogP contribution >= 0.6 is 11.6 Å². The molecule has 24 heavy (non-hydrogen) atoms. The molecule has 2 aromatic rings. The normalized spacial score (nSPS) is 13.7. The molecule has 4 nitrogen and oxygen atoms in total. The van der Waals surface area contributed by atoms with Gasteiger partial charge in [-0.05, 0) is 36.5 Å². The average Bonchev–Trinajstić information content (AvgIpc) is 2.49. The maximum Gasteiger partial charge on any atom is 0.244 e. The molecule has 0 fully saturated rings. The lowest BCUT2D eigenvalue weighted by Gasteiger charge is -2.29. The molecule has 130 valence electrons. The van der Waals surface area contributed by atoms with E-state index >= 15 is 0 Å². The van der Waals surface area contributed by atoms with Crippen molar-refractivity contribution in [1.29, 1.82) is 0 Å². The number of halogens is 1. The van der Waals surface area contributed by atoms with Crippen molar-refractivity contribution in [3.8, 4) is 5.75 Å². The zero-order valence-electron chi connectivity index (χ0n) is 14.0. The van der Waals surface area contributed by atoms with E-state index in [4.69, 9.17) is 11.6 Å². The highest BCUT2D eigenvalue weighted by atomic mass is 35.5. The minimum Gasteiger partial charge on any atom is -0.505 e. The second-order valence-corrected chi connectivity index (χ2v) is 8.65. The Hall–Kier alpha value is -1.56. The van der Waals surface area contributed by atoms with Crippen molar-refractivity contribution in [2.45, 2.75) is 43.5 Å². The second-order valence-electron chi connectivity index (χ2n) is 6.56. The quantitative estimate of drug-likeness (QED) is 0.808. The van der Waals surface area contributed by atoms with Crippen molar-refractivity contribution in [2.24, 2.45) is 0 Å². The molecule has 0 aromatic heterocycles. The van der Waals surface area contributed by atoms with Crippen LogP contribution in [0.25, 0.3) is 0 Å². The SMILES string of the molecule is CC(CC(C)(C)c1ccccc1)NS(=O)(=O)c1cccc(Cl)c1O. The maximum atomic E-state index is 12.5. The van der Waals surface area contributed by atoms with Gasteiger partial charge < -0.3 is 5.11 Å². The van der Waals surface area contributed by atoms with E-state index in [2.05, 4.69) is 18.6 Å². The fourth-order valence-corrected chi connectivity index (χ4v) is 4.45. The van der Waals surface area contributed by atoms with Gasteiger partial charge in [0.05, 0.1) is 5.02 Å². The molecule has 0 bridgehead atoms. The highest BCUT2D eigenvalue weighted by molar-refractivity contribution is 7.89. The van der Waals surface area contributed by atoms with Crippen LogP contribution in [-0.4, -0.2) is 19.6 Å². The Morgan fingerprint density at radius 1 is 1.12 bits per heavy atom.